The molecule has 0 amide bonds. The highest BCUT2D eigenvalue weighted by Crippen LogP contribution is 2.31. The van der Waals surface area contributed by atoms with Gasteiger partial charge in [-0.15, -0.1) is 0 Å². The van der Waals surface area contributed by atoms with Crippen LogP contribution in [-0.2, 0) is 14.2 Å². The van der Waals surface area contributed by atoms with Gasteiger partial charge in [0.05, 0.1) is 30.0 Å². The molecule has 2 aliphatic heterocycles. The van der Waals surface area contributed by atoms with Crippen molar-refractivity contribution in [1.29, 1.82) is 0 Å². The number of carbonyl (C=O) groups excluding carboxylic acids is 1. The molecule has 2 aromatic rings. The minimum absolute atomic E-state index is 0.251. The molecule has 0 aliphatic carbocycles. The van der Waals surface area contributed by atoms with E-state index in [1.54, 1.807) is 12.5 Å². The first-order chi connectivity index (χ1) is 16.3. The number of unbranched alkanes of at least 4 members (excludes halogenated alkanes) is 1. The van der Waals surface area contributed by atoms with Gasteiger partial charge in [0.15, 0.2) is 0 Å². The Labute approximate surface area is 195 Å². The summed E-state index contributed by atoms with van der Waals surface area (Å²) in [5, 5.41) is 0. The molecule has 2 aliphatic rings. The summed E-state index contributed by atoms with van der Waals surface area (Å²) in [7, 11) is 0. The number of benzene rings is 2. The van der Waals surface area contributed by atoms with Gasteiger partial charge in [-0.1, -0.05) is 24.3 Å². The Morgan fingerprint density at radius 3 is 2.48 bits per heavy atom. The summed E-state index contributed by atoms with van der Waals surface area (Å²) in [4.78, 5) is 17.0. The molecule has 7 heteroatoms. The quantitative estimate of drug-likeness (QED) is 0.392. The van der Waals surface area contributed by atoms with E-state index in [1.165, 1.54) is 0 Å². The van der Waals surface area contributed by atoms with Crippen LogP contribution in [0.25, 0.3) is 0 Å². The van der Waals surface area contributed by atoms with Crippen molar-refractivity contribution in [2.24, 2.45) is 0 Å². The summed E-state index contributed by atoms with van der Waals surface area (Å²) in [5.74, 6) is 0.555. The molecular formula is C26H32N2O5. The number of anilines is 1. The Balaban J connectivity index is 1.18. The average Bonchev–Trinajstić information content (AvgIpc) is 3.40. The number of piperazine rings is 1. The SMILES string of the molecule is CCOC(=O)c1ccccc1N1CCN(CCCCOc2ccccc2C2OC=CO2)CC1. The van der Waals surface area contributed by atoms with E-state index in [0.717, 1.165) is 62.6 Å². The number of nitrogens with zero attached hydrogens (tertiary/aromatic N) is 2. The molecule has 4 rings (SSSR count). The molecule has 0 unspecified atom stereocenters. The van der Waals surface area contributed by atoms with Gasteiger partial charge in [-0.05, 0) is 50.6 Å². The van der Waals surface area contributed by atoms with Crippen LogP contribution in [0.1, 0.15) is 42.0 Å². The van der Waals surface area contributed by atoms with Crippen LogP contribution in [0, 0.1) is 0 Å². The molecule has 0 N–H and O–H groups in total. The van der Waals surface area contributed by atoms with Gasteiger partial charge >= 0.3 is 5.97 Å². The number of hydrogen-bond donors (Lipinski definition) is 0. The van der Waals surface area contributed by atoms with E-state index in [1.807, 2.05) is 55.5 Å². The maximum Gasteiger partial charge on any atom is 0.340 e. The molecule has 0 aromatic heterocycles. The predicted molar refractivity (Wildman–Crippen MR) is 126 cm³/mol. The van der Waals surface area contributed by atoms with Crippen molar-refractivity contribution >= 4 is 11.7 Å². The zero-order valence-corrected chi connectivity index (χ0v) is 19.2. The van der Waals surface area contributed by atoms with E-state index in [4.69, 9.17) is 18.9 Å². The maximum absolute atomic E-state index is 12.3. The summed E-state index contributed by atoms with van der Waals surface area (Å²) in [6, 6.07) is 15.6. The van der Waals surface area contributed by atoms with Crippen LogP contribution in [0.5, 0.6) is 5.75 Å². The van der Waals surface area contributed by atoms with E-state index >= 15 is 0 Å². The summed E-state index contributed by atoms with van der Waals surface area (Å²) < 4.78 is 22.1. The van der Waals surface area contributed by atoms with Gasteiger partial charge in [0.25, 0.3) is 6.29 Å². The van der Waals surface area contributed by atoms with E-state index < -0.39 is 6.29 Å². The lowest BCUT2D eigenvalue weighted by Gasteiger charge is -2.36. The fraction of sp³-hybridized carbons (Fsp3) is 0.423. The van der Waals surface area contributed by atoms with Gasteiger partial charge in [0.1, 0.15) is 18.3 Å². The highest BCUT2D eigenvalue weighted by molar-refractivity contribution is 5.95. The van der Waals surface area contributed by atoms with Crippen LogP contribution in [-0.4, -0.2) is 56.8 Å². The van der Waals surface area contributed by atoms with Gasteiger partial charge in [-0.2, -0.15) is 0 Å². The molecule has 2 heterocycles. The normalized spacial score (nSPS) is 16.3. The van der Waals surface area contributed by atoms with Crippen LogP contribution in [0.4, 0.5) is 5.69 Å². The van der Waals surface area contributed by atoms with Gasteiger partial charge in [-0.25, -0.2) is 4.79 Å². The third-order valence-electron chi connectivity index (χ3n) is 5.87. The van der Waals surface area contributed by atoms with Gasteiger partial charge in [-0.3, -0.25) is 4.90 Å². The largest absolute Gasteiger partial charge is 0.493 e. The number of rotatable bonds is 10. The van der Waals surface area contributed by atoms with Gasteiger partial charge in [0.2, 0.25) is 0 Å². The monoisotopic (exact) mass is 452 g/mol. The summed E-state index contributed by atoms with van der Waals surface area (Å²) in [5.41, 5.74) is 2.52. The third-order valence-corrected chi connectivity index (χ3v) is 5.87. The van der Waals surface area contributed by atoms with Crippen molar-refractivity contribution in [3.8, 4) is 5.75 Å². The lowest BCUT2D eigenvalue weighted by atomic mass is 10.1. The molecule has 7 nitrogen and oxygen atoms in total. The van der Waals surface area contributed by atoms with Crippen molar-refractivity contribution in [3.05, 3.63) is 72.2 Å². The van der Waals surface area contributed by atoms with Crippen LogP contribution in [0.2, 0.25) is 0 Å². The molecule has 1 fully saturated rings. The van der Waals surface area contributed by atoms with Crippen LogP contribution in [0.3, 0.4) is 0 Å². The molecule has 0 atom stereocenters. The lowest BCUT2D eigenvalue weighted by Crippen LogP contribution is -2.47. The zero-order valence-electron chi connectivity index (χ0n) is 19.2. The minimum Gasteiger partial charge on any atom is -0.493 e. The van der Waals surface area contributed by atoms with Crippen molar-refractivity contribution in [1.82, 2.24) is 4.90 Å². The molecule has 0 radical (unpaired) electrons. The summed E-state index contributed by atoms with van der Waals surface area (Å²) in [6.45, 7) is 7.66. The van der Waals surface area contributed by atoms with Crippen LogP contribution < -0.4 is 9.64 Å². The van der Waals surface area contributed by atoms with Crippen molar-refractivity contribution in [2.75, 3.05) is 50.8 Å². The Morgan fingerprint density at radius 1 is 0.970 bits per heavy atom. The highest BCUT2D eigenvalue weighted by atomic mass is 16.7. The second-order valence-electron chi connectivity index (χ2n) is 8.04. The smallest absolute Gasteiger partial charge is 0.340 e. The Kier molecular flexibility index (Phi) is 8.09. The highest BCUT2D eigenvalue weighted by Gasteiger charge is 2.22. The van der Waals surface area contributed by atoms with Crippen molar-refractivity contribution < 1.29 is 23.7 Å². The summed E-state index contributed by atoms with van der Waals surface area (Å²) in [6.07, 6.45) is 4.73. The topological polar surface area (TPSA) is 60.5 Å². The number of para-hydroxylation sites is 2. The van der Waals surface area contributed by atoms with Gasteiger partial charge in [0, 0.05) is 26.2 Å². The maximum atomic E-state index is 12.3. The van der Waals surface area contributed by atoms with Crippen LogP contribution in [0.15, 0.2) is 61.1 Å². The number of ether oxygens (including phenoxy) is 4. The molecule has 176 valence electrons. The average molecular weight is 453 g/mol. The minimum atomic E-state index is -0.425. The second-order valence-corrected chi connectivity index (χ2v) is 8.04. The molecular weight excluding hydrogens is 420 g/mol. The number of carbonyl (C=O) groups is 1. The predicted octanol–water partition coefficient (Wildman–Crippen LogP) is 4.36. The van der Waals surface area contributed by atoms with Crippen LogP contribution >= 0.6 is 0 Å². The van der Waals surface area contributed by atoms with Crippen molar-refractivity contribution in [2.45, 2.75) is 26.1 Å². The molecule has 0 saturated carbocycles. The fourth-order valence-corrected chi connectivity index (χ4v) is 4.16. The fourth-order valence-electron chi connectivity index (χ4n) is 4.16. The molecule has 33 heavy (non-hydrogen) atoms. The first kappa shape index (κ1) is 23.0. The van der Waals surface area contributed by atoms with E-state index in [9.17, 15) is 4.79 Å². The molecule has 0 spiro atoms. The van der Waals surface area contributed by atoms with E-state index in [2.05, 4.69) is 9.80 Å². The van der Waals surface area contributed by atoms with E-state index in [-0.39, 0.29) is 5.97 Å². The van der Waals surface area contributed by atoms with E-state index in [0.29, 0.717) is 18.8 Å². The molecule has 1 saturated heterocycles. The summed E-state index contributed by atoms with van der Waals surface area (Å²) >= 11 is 0. The number of esters is 1. The Hall–Kier alpha value is -3.19. The second kappa shape index (κ2) is 11.6. The zero-order chi connectivity index (χ0) is 22.9. The molecule has 2 aromatic carbocycles. The Bertz CT molecular complexity index is 932. The molecule has 0 bridgehead atoms. The lowest BCUT2D eigenvalue weighted by molar-refractivity contribution is -0.0264. The third kappa shape index (κ3) is 5.99. The number of hydrogen-bond acceptors (Lipinski definition) is 7. The van der Waals surface area contributed by atoms with Gasteiger partial charge < -0.3 is 23.8 Å². The first-order valence-corrected chi connectivity index (χ1v) is 11.7. The first-order valence-electron chi connectivity index (χ1n) is 11.7. The Morgan fingerprint density at radius 2 is 1.70 bits per heavy atom. The standard InChI is InChI=1S/C26H32N2O5/c1-2-30-25(29)21-9-3-5-11-23(21)28-16-14-27(15-17-28)13-7-8-18-31-24-12-6-4-10-22(24)26-32-19-20-33-26/h3-6,9-12,19-20,26H,2,7-8,13-18H2,1H3. The van der Waals surface area contributed by atoms with Crippen molar-refractivity contribution in [3.63, 3.8) is 0 Å².